The molecule has 0 unspecified atom stereocenters. The minimum Gasteiger partial charge on any atom is -0.369 e. The molecular formula is C23H25NO2. The van der Waals surface area contributed by atoms with Gasteiger partial charge in [0.25, 0.3) is 0 Å². The maximum atomic E-state index is 13.3. The Bertz CT molecular complexity index is 688. The molecule has 1 aliphatic heterocycles. The monoisotopic (exact) mass is 347 g/mol. The van der Waals surface area contributed by atoms with Crippen LogP contribution in [0.15, 0.2) is 60.7 Å². The van der Waals surface area contributed by atoms with Gasteiger partial charge in [-0.15, -0.1) is 6.42 Å². The van der Waals surface area contributed by atoms with Crippen molar-refractivity contribution < 1.29 is 9.53 Å². The molecule has 0 atom stereocenters. The average molecular weight is 347 g/mol. The van der Waals surface area contributed by atoms with Crippen LogP contribution in [0.2, 0.25) is 0 Å². The molecule has 0 saturated carbocycles. The van der Waals surface area contributed by atoms with E-state index in [1.54, 1.807) is 0 Å². The number of benzene rings is 2. The number of ether oxygens (including phenoxy) is 1. The van der Waals surface area contributed by atoms with Gasteiger partial charge in [0.1, 0.15) is 6.61 Å². The van der Waals surface area contributed by atoms with Gasteiger partial charge in [-0.05, 0) is 29.9 Å². The highest BCUT2D eigenvalue weighted by Crippen LogP contribution is 2.29. The molecular weight excluding hydrogens is 322 g/mol. The van der Waals surface area contributed by atoms with Crippen molar-refractivity contribution in [3.63, 3.8) is 0 Å². The van der Waals surface area contributed by atoms with Crippen LogP contribution in [-0.2, 0) is 9.53 Å². The molecule has 1 saturated heterocycles. The zero-order chi connectivity index (χ0) is 18.2. The van der Waals surface area contributed by atoms with Crippen LogP contribution in [0.5, 0.6) is 0 Å². The third-order valence-corrected chi connectivity index (χ3v) is 4.98. The molecule has 0 spiro atoms. The van der Waals surface area contributed by atoms with E-state index in [0.717, 1.165) is 37.1 Å². The van der Waals surface area contributed by atoms with Gasteiger partial charge < -0.3 is 9.64 Å². The summed E-state index contributed by atoms with van der Waals surface area (Å²) in [4.78, 5) is 15.3. The number of carbonyl (C=O) groups is 1. The third-order valence-electron chi connectivity index (χ3n) is 4.98. The van der Waals surface area contributed by atoms with Crippen molar-refractivity contribution in [3.05, 3.63) is 71.8 Å². The lowest BCUT2D eigenvalue weighted by molar-refractivity contribution is -0.133. The van der Waals surface area contributed by atoms with Crippen molar-refractivity contribution in [1.82, 2.24) is 4.90 Å². The Balaban J connectivity index is 1.70. The molecule has 2 aromatic carbocycles. The minimum atomic E-state index is -0.244. The Labute approximate surface area is 156 Å². The Morgan fingerprint density at radius 2 is 1.58 bits per heavy atom. The van der Waals surface area contributed by atoms with Crippen molar-refractivity contribution in [2.75, 3.05) is 26.3 Å². The molecule has 1 heterocycles. The highest BCUT2D eigenvalue weighted by Gasteiger charge is 2.30. The van der Waals surface area contributed by atoms with Gasteiger partial charge in [-0.3, -0.25) is 4.79 Å². The summed E-state index contributed by atoms with van der Waals surface area (Å²) >= 11 is 0. The van der Waals surface area contributed by atoms with Gasteiger partial charge in [0, 0.05) is 13.1 Å². The molecule has 0 aromatic heterocycles. The maximum Gasteiger partial charge on any atom is 0.234 e. The van der Waals surface area contributed by atoms with Crippen LogP contribution < -0.4 is 0 Å². The first kappa shape index (κ1) is 18.2. The van der Waals surface area contributed by atoms with Crippen LogP contribution in [0.4, 0.5) is 0 Å². The third kappa shape index (κ3) is 4.53. The molecule has 0 aliphatic carbocycles. The Morgan fingerprint density at radius 3 is 2.08 bits per heavy atom. The van der Waals surface area contributed by atoms with Gasteiger partial charge in [0.2, 0.25) is 5.91 Å². The van der Waals surface area contributed by atoms with E-state index in [9.17, 15) is 4.79 Å². The summed E-state index contributed by atoms with van der Waals surface area (Å²) in [5.41, 5.74) is 2.09. The van der Waals surface area contributed by atoms with Crippen LogP contribution in [-0.4, -0.2) is 37.1 Å². The molecule has 3 nitrogen and oxygen atoms in total. The van der Waals surface area contributed by atoms with Crippen molar-refractivity contribution in [3.8, 4) is 12.3 Å². The molecule has 2 aromatic rings. The number of hydrogen-bond donors (Lipinski definition) is 0. The van der Waals surface area contributed by atoms with Crippen LogP contribution in [0.3, 0.4) is 0 Å². The summed E-state index contributed by atoms with van der Waals surface area (Å²) in [6, 6.07) is 20.1. The summed E-state index contributed by atoms with van der Waals surface area (Å²) in [6.07, 6.45) is 7.15. The highest BCUT2D eigenvalue weighted by atomic mass is 16.5. The second kappa shape index (κ2) is 9.22. The first-order valence-electron chi connectivity index (χ1n) is 9.19. The second-order valence-electron chi connectivity index (χ2n) is 6.74. The number of likely N-dealkylation sites (tertiary alicyclic amines) is 1. The van der Waals surface area contributed by atoms with Crippen LogP contribution in [0, 0.1) is 18.3 Å². The lowest BCUT2D eigenvalue weighted by Crippen LogP contribution is -2.42. The maximum absolute atomic E-state index is 13.3. The number of amides is 1. The summed E-state index contributed by atoms with van der Waals surface area (Å²) in [5, 5.41) is 0. The first-order chi connectivity index (χ1) is 12.8. The molecule has 0 radical (unpaired) electrons. The lowest BCUT2D eigenvalue weighted by atomic mass is 9.88. The van der Waals surface area contributed by atoms with Crippen molar-refractivity contribution in [1.29, 1.82) is 0 Å². The van der Waals surface area contributed by atoms with Gasteiger partial charge in [0.15, 0.2) is 0 Å². The quantitative estimate of drug-likeness (QED) is 0.589. The van der Waals surface area contributed by atoms with Crippen LogP contribution in [0.25, 0.3) is 0 Å². The molecule has 3 heteroatoms. The van der Waals surface area contributed by atoms with Gasteiger partial charge in [-0.25, -0.2) is 0 Å². The van der Waals surface area contributed by atoms with Crippen LogP contribution >= 0.6 is 0 Å². The van der Waals surface area contributed by atoms with E-state index in [0.29, 0.717) is 19.1 Å². The summed E-state index contributed by atoms with van der Waals surface area (Å²) < 4.78 is 5.46. The standard InChI is InChI=1S/C23H25NO2/c1-2-17-26-18-19-13-15-24(16-14-19)23(25)22(20-9-5-3-6-10-20)21-11-7-4-8-12-21/h1,3-12,19,22H,13-18H2. The van der Waals surface area contributed by atoms with E-state index < -0.39 is 0 Å². The van der Waals surface area contributed by atoms with Crippen molar-refractivity contribution in [2.24, 2.45) is 5.92 Å². The topological polar surface area (TPSA) is 29.5 Å². The smallest absolute Gasteiger partial charge is 0.234 e. The molecule has 134 valence electrons. The molecule has 1 aliphatic rings. The predicted molar refractivity (Wildman–Crippen MR) is 104 cm³/mol. The molecule has 3 rings (SSSR count). The first-order valence-corrected chi connectivity index (χ1v) is 9.19. The van der Waals surface area contributed by atoms with E-state index in [1.165, 1.54) is 0 Å². The van der Waals surface area contributed by atoms with E-state index in [2.05, 4.69) is 5.92 Å². The van der Waals surface area contributed by atoms with E-state index in [4.69, 9.17) is 11.2 Å². The number of carbonyl (C=O) groups excluding carboxylic acids is 1. The van der Waals surface area contributed by atoms with E-state index >= 15 is 0 Å². The Morgan fingerprint density at radius 1 is 1.04 bits per heavy atom. The average Bonchev–Trinajstić information content (AvgIpc) is 2.70. The van der Waals surface area contributed by atoms with Gasteiger partial charge in [-0.1, -0.05) is 66.6 Å². The number of piperidine rings is 1. The largest absolute Gasteiger partial charge is 0.369 e. The molecule has 0 N–H and O–H groups in total. The zero-order valence-electron chi connectivity index (χ0n) is 15.0. The molecule has 0 bridgehead atoms. The molecule has 1 fully saturated rings. The molecule has 26 heavy (non-hydrogen) atoms. The SMILES string of the molecule is C#CCOCC1CCN(C(=O)C(c2ccccc2)c2ccccc2)CC1. The fraction of sp³-hybridized carbons (Fsp3) is 0.348. The fourth-order valence-electron chi connectivity index (χ4n) is 3.56. The predicted octanol–water partition coefficient (Wildman–Crippen LogP) is 3.71. The normalized spacial score (nSPS) is 15.0. The van der Waals surface area contributed by atoms with E-state index in [1.807, 2.05) is 65.6 Å². The van der Waals surface area contributed by atoms with Crippen molar-refractivity contribution >= 4 is 5.91 Å². The van der Waals surface area contributed by atoms with Gasteiger partial charge in [-0.2, -0.15) is 0 Å². The fourth-order valence-corrected chi connectivity index (χ4v) is 3.56. The van der Waals surface area contributed by atoms with Gasteiger partial charge >= 0.3 is 0 Å². The van der Waals surface area contributed by atoms with Crippen molar-refractivity contribution in [2.45, 2.75) is 18.8 Å². The number of hydrogen-bond acceptors (Lipinski definition) is 2. The zero-order valence-corrected chi connectivity index (χ0v) is 15.0. The highest BCUT2D eigenvalue weighted by molar-refractivity contribution is 5.87. The number of rotatable bonds is 6. The van der Waals surface area contributed by atoms with E-state index in [-0.39, 0.29) is 11.8 Å². The Hall–Kier alpha value is -2.57. The second-order valence-corrected chi connectivity index (χ2v) is 6.74. The minimum absolute atomic E-state index is 0.186. The Kier molecular flexibility index (Phi) is 6.46. The van der Waals surface area contributed by atoms with Crippen LogP contribution in [0.1, 0.15) is 29.9 Å². The summed E-state index contributed by atoms with van der Waals surface area (Å²) in [7, 11) is 0. The lowest BCUT2D eigenvalue weighted by Gasteiger charge is -2.34. The summed E-state index contributed by atoms with van der Waals surface area (Å²) in [5.74, 6) is 2.93. The summed E-state index contributed by atoms with van der Waals surface area (Å²) in [6.45, 7) is 2.61. The van der Waals surface area contributed by atoms with Gasteiger partial charge in [0.05, 0.1) is 12.5 Å². The number of nitrogens with zero attached hydrogens (tertiary/aromatic N) is 1. The number of terminal acetylenes is 1. The molecule has 1 amide bonds.